The van der Waals surface area contributed by atoms with Crippen LogP contribution in [0, 0.1) is 0 Å². The lowest BCUT2D eigenvalue weighted by Gasteiger charge is -2.33. The van der Waals surface area contributed by atoms with Crippen molar-refractivity contribution in [2.75, 3.05) is 35.6 Å². The molecular formula is C14H23N3S. The molecular weight excluding hydrogens is 242 g/mol. The molecule has 1 aromatic rings. The van der Waals surface area contributed by atoms with E-state index in [9.17, 15) is 0 Å². The predicted molar refractivity (Wildman–Crippen MR) is 81.8 cm³/mol. The van der Waals surface area contributed by atoms with Crippen LogP contribution in [-0.2, 0) is 0 Å². The first kappa shape index (κ1) is 13.5. The fraction of sp³-hybridized carbons (Fsp3) is 0.643. The maximum Gasteiger partial charge on any atom is 0.0574 e. The van der Waals surface area contributed by atoms with E-state index in [1.165, 1.54) is 17.9 Å². The summed E-state index contributed by atoms with van der Waals surface area (Å²) < 4.78 is 0. The van der Waals surface area contributed by atoms with Crippen LogP contribution in [0.4, 0.5) is 11.4 Å². The van der Waals surface area contributed by atoms with E-state index in [0.717, 1.165) is 37.0 Å². The molecule has 1 atom stereocenters. The highest BCUT2D eigenvalue weighted by molar-refractivity contribution is 8.00. The molecule has 1 fully saturated rings. The second-order valence-corrected chi connectivity index (χ2v) is 6.11. The van der Waals surface area contributed by atoms with Gasteiger partial charge < -0.3 is 10.2 Å². The zero-order valence-corrected chi connectivity index (χ0v) is 12.2. The summed E-state index contributed by atoms with van der Waals surface area (Å²) in [6.45, 7) is 7.76. The number of nitrogens with zero attached hydrogens (tertiary/aromatic N) is 2. The van der Waals surface area contributed by atoms with E-state index < -0.39 is 0 Å². The third-order valence-electron chi connectivity index (χ3n) is 3.26. The normalized spacial score (nSPS) is 19.9. The van der Waals surface area contributed by atoms with E-state index in [4.69, 9.17) is 0 Å². The molecule has 4 heteroatoms. The zero-order chi connectivity index (χ0) is 12.8. The fourth-order valence-electron chi connectivity index (χ4n) is 2.17. The van der Waals surface area contributed by atoms with Gasteiger partial charge in [0.05, 0.1) is 23.8 Å². The zero-order valence-electron chi connectivity index (χ0n) is 11.4. The lowest BCUT2D eigenvalue weighted by Crippen LogP contribution is -2.37. The molecule has 2 rings (SSSR count). The summed E-state index contributed by atoms with van der Waals surface area (Å²) in [5.41, 5.74) is 2.40. The number of rotatable bonds is 5. The van der Waals surface area contributed by atoms with Crippen molar-refractivity contribution in [3.8, 4) is 0 Å². The van der Waals surface area contributed by atoms with Gasteiger partial charge in [-0.15, -0.1) is 0 Å². The summed E-state index contributed by atoms with van der Waals surface area (Å²) in [6.07, 6.45) is 6.29. The van der Waals surface area contributed by atoms with Crippen molar-refractivity contribution in [2.24, 2.45) is 0 Å². The fourth-order valence-corrected chi connectivity index (χ4v) is 3.35. The van der Waals surface area contributed by atoms with Crippen LogP contribution >= 0.6 is 11.8 Å². The van der Waals surface area contributed by atoms with Gasteiger partial charge in [-0.05, 0) is 18.9 Å². The summed E-state index contributed by atoms with van der Waals surface area (Å²) in [5, 5.41) is 4.17. The van der Waals surface area contributed by atoms with Crippen molar-refractivity contribution in [1.82, 2.24) is 4.98 Å². The van der Waals surface area contributed by atoms with E-state index in [2.05, 4.69) is 46.9 Å². The molecule has 1 N–H and O–H groups in total. The smallest absolute Gasteiger partial charge is 0.0574 e. The number of thioether (sulfide) groups is 1. The SMILES string of the molecule is CCCNc1cncc(N2CCSC(CC)C2)c1. The first-order valence-electron chi connectivity index (χ1n) is 6.89. The third-order valence-corrected chi connectivity index (χ3v) is 4.63. The van der Waals surface area contributed by atoms with Crippen LogP contribution in [0.15, 0.2) is 18.5 Å². The largest absolute Gasteiger partial charge is 0.384 e. The van der Waals surface area contributed by atoms with Gasteiger partial charge in [-0.1, -0.05) is 13.8 Å². The lowest BCUT2D eigenvalue weighted by molar-refractivity contribution is 0.727. The van der Waals surface area contributed by atoms with Gasteiger partial charge in [-0.25, -0.2) is 0 Å². The minimum atomic E-state index is 0.769. The van der Waals surface area contributed by atoms with Crippen molar-refractivity contribution in [3.63, 3.8) is 0 Å². The molecule has 18 heavy (non-hydrogen) atoms. The topological polar surface area (TPSA) is 28.2 Å². The van der Waals surface area contributed by atoms with Crippen LogP contribution in [0.5, 0.6) is 0 Å². The van der Waals surface area contributed by atoms with Crippen LogP contribution in [0.25, 0.3) is 0 Å². The summed E-state index contributed by atoms with van der Waals surface area (Å²) >= 11 is 2.10. The highest BCUT2D eigenvalue weighted by atomic mass is 32.2. The number of pyridine rings is 1. The van der Waals surface area contributed by atoms with Gasteiger partial charge >= 0.3 is 0 Å². The lowest BCUT2D eigenvalue weighted by atomic mass is 10.2. The number of aromatic nitrogens is 1. The van der Waals surface area contributed by atoms with Crippen molar-refractivity contribution in [1.29, 1.82) is 0 Å². The molecule has 1 aliphatic rings. The van der Waals surface area contributed by atoms with Gasteiger partial charge in [-0.2, -0.15) is 11.8 Å². The number of hydrogen-bond donors (Lipinski definition) is 1. The van der Waals surface area contributed by atoms with Crippen LogP contribution in [-0.4, -0.2) is 35.6 Å². The minimum absolute atomic E-state index is 0.769. The third kappa shape index (κ3) is 3.55. The van der Waals surface area contributed by atoms with E-state index in [1.54, 1.807) is 0 Å². The molecule has 1 saturated heterocycles. The first-order valence-corrected chi connectivity index (χ1v) is 7.93. The summed E-state index contributed by atoms with van der Waals surface area (Å²) in [5.74, 6) is 1.23. The molecule has 0 aromatic carbocycles. The van der Waals surface area contributed by atoms with Gasteiger partial charge in [0.15, 0.2) is 0 Å². The van der Waals surface area contributed by atoms with Gasteiger partial charge in [-0.3, -0.25) is 4.98 Å². The molecule has 100 valence electrons. The molecule has 2 heterocycles. The highest BCUT2D eigenvalue weighted by Gasteiger charge is 2.19. The molecule has 0 saturated carbocycles. The Bertz CT molecular complexity index is 370. The average Bonchev–Trinajstić information content (AvgIpc) is 2.45. The molecule has 0 bridgehead atoms. The van der Waals surface area contributed by atoms with Gasteiger partial charge in [0.1, 0.15) is 0 Å². The molecule has 0 spiro atoms. The molecule has 0 amide bonds. The maximum atomic E-state index is 4.35. The van der Waals surface area contributed by atoms with Crippen LogP contribution in [0.2, 0.25) is 0 Å². The van der Waals surface area contributed by atoms with Crippen molar-refractivity contribution in [3.05, 3.63) is 18.5 Å². The molecule has 1 unspecified atom stereocenters. The quantitative estimate of drug-likeness (QED) is 0.884. The molecule has 0 aliphatic carbocycles. The Morgan fingerprint density at radius 3 is 3.11 bits per heavy atom. The molecule has 1 aliphatic heterocycles. The van der Waals surface area contributed by atoms with Crippen molar-refractivity contribution >= 4 is 23.1 Å². The Labute approximate surface area is 114 Å². The second kappa shape index (κ2) is 6.88. The highest BCUT2D eigenvalue weighted by Crippen LogP contribution is 2.26. The standard InChI is InChI=1S/C14H23N3S/c1-3-5-16-12-8-13(10-15-9-12)17-6-7-18-14(4-2)11-17/h8-10,14,16H,3-7,11H2,1-2H3. The minimum Gasteiger partial charge on any atom is -0.384 e. The van der Waals surface area contributed by atoms with Gasteiger partial charge in [0.25, 0.3) is 0 Å². The maximum absolute atomic E-state index is 4.35. The van der Waals surface area contributed by atoms with E-state index in [1.807, 2.05) is 12.4 Å². The Morgan fingerprint density at radius 2 is 2.33 bits per heavy atom. The Morgan fingerprint density at radius 1 is 1.44 bits per heavy atom. The summed E-state index contributed by atoms with van der Waals surface area (Å²) in [4.78, 5) is 6.82. The van der Waals surface area contributed by atoms with E-state index in [-0.39, 0.29) is 0 Å². The second-order valence-electron chi connectivity index (χ2n) is 4.71. The van der Waals surface area contributed by atoms with E-state index >= 15 is 0 Å². The van der Waals surface area contributed by atoms with Crippen molar-refractivity contribution < 1.29 is 0 Å². The Balaban J connectivity index is 2.02. The predicted octanol–water partition coefficient (Wildman–Crippen LogP) is 3.24. The van der Waals surface area contributed by atoms with Crippen LogP contribution in [0.1, 0.15) is 26.7 Å². The number of hydrogen-bond acceptors (Lipinski definition) is 4. The summed E-state index contributed by atoms with van der Waals surface area (Å²) in [7, 11) is 0. The van der Waals surface area contributed by atoms with Crippen LogP contribution < -0.4 is 10.2 Å². The monoisotopic (exact) mass is 265 g/mol. The molecule has 0 radical (unpaired) electrons. The number of nitrogens with one attached hydrogen (secondary N) is 1. The Kier molecular flexibility index (Phi) is 5.17. The van der Waals surface area contributed by atoms with Gasteiger partial charge in [0.2, 0.25) is 0 Å². The molecule has 1 aromatic heterocycles. The van der Waals surface area contributed by atoms with Crippen LogP contribution in [0.3, 0.4) is 0 Å². The average molecular weight is 265 g/mol. The molecule has 3 nitrogen and oxygen atoms in total. The van der Waals surface area contributed by atoms with Gasteiger partial charge in [0, 0.05) is 30.6 Å². The first-order chi connectivity index (χ1) is 8.83. The number of anilines is 2. The van der Waals surface area contributed by atoms with Crippen molar-refractivity contribution in [2.45, 2.75) is 31.9 Å². The Hall–Kier alpha value is -0.900. The summed E-state index contributed by atoms with van der Waals surface area (Å²) in [6, 6.07) is 2.23. The van der Waals surface area contributed by atoms with E-state index in [0.29, 0.717) is 0 Å².